The van der Waals surface area contributed by atoms with Gasteiger partial charge in [-0.3, -0.25) is 0 Å². The van der Waals surface area contributed by atoms with Crippen LogP contribution in [0.25, 0.3) is 0 Å². The summed E-state index contributed by atoms with van der Waals surface area (Å²) in [6, 6.07) is 0.675. The Hall–Kier alpha value is -0.750. The Kier molecular flexibility index (Phi) is 4.47. The Morgan fingerprint density at radius 3 is 2.94 bits per heavy atom. The van der Waals surface area contributed by atoms with E-state index in [9.17, 15) is 0 Å². The summed E-state index contributed by atoms with van der Waals surface area (Å²) in [5, 5.41) is 11.4. The lowest BCUT2D eigenvalue weighted by molar-refractivity contribution is 0.463. The summed E-state index contributed by atoms with van der Waals surface area (Å²) in [5.74, 6) is 2.97. The molecule has 1 fully saturated rings. The molecule has 1 aliphatic heterocycles. The fourth-order valence-electron chi connectivity index (χ4n) is 1.57. The van der Waals surface area contributed by atoms with Crippen LogP contribution in [0.2, 0.25) is 0 Å². The highest BCUT2D eigenvalue weighted by Gasteiger charge is 2.16. The fourth-order valence-corrected chi connectivity index (χ4v) is 2.47. The maximum Gasteiger partial charge on any atom is 0.318 e. The molecule has 1 aliphatic rings. The Morgan fingerprint density at radius 1 is 1.38 bits per heavy atom. The van der Waals surface area contributed by atoms with Crippen molar-refractivity contribution in [1.82, 2.24) is 15.5 Å². The van der Waals surface area contributed by atoms with E-state index in [1.54, 1.807) is 0 Å². The first-order valence-corrected chi connectivity index (χ1v) is 6.91. The van der Waals surface area contributed by atoms with Gasteiger partial charge in [0.05, 0.1) is 6.54 Å². The van der Waals surface area contributed by atoms with Crippen LogP contribution in [0.1, 0.15) is 19.2 Å². The van der Waals surface area contributed by atoms with Crippen LogP contribution < -0.4 is 10.2 Å². The van der Waals surface area contributed by atoms with Crippen molar-refractivity contribution in [3.63, 3.8) is 0 Å². The molecule has 0 spiro atoms. The third-order valence-electron chi connectivity index (χ3n) is 2.44. The lowest BCUT2D eigenvalue weighted by atomic mass is 10.5. The molecule has 0 atom stereocenters. The average molecular weight is 242 g/mol. The molecule has 0 amide bonds. The van der Waals surface area contributed by atoms with Gasteiger partial charge < -0.3 is 14.6 Å². The number of nitrogens with zero attached hydrogens (tertiary/aromatic N) is 3. The molecule has 1 aromatic heterocycles. The van der Waals surface area contributed by atoms with Crippen molar-refractivity contribution in [2.45, 2.75) is 19.9 Å². The molecular formula is C10H18N4OS. The van der Waals surface area contributed by atoms with Gasteiger partial charge in [-0.15, -0.1) is 5.10 Å². The van der Waals surface area contributed by atoms with Crippen LogP contribution in [0.15, 0.2) is 4.42 Å². The SMILES string of the molecule is CCCNCc1nnc(N2CCSCC2)o1. The third kappa shape index (κ3) is 3.12. The van der Waals surface area contributed by atoms with Crippen LogP contribution in [0.3, 0.4) is 0 Å². The Labute approximate surface area is 100.0 Å². The molecule has 1 saturated heterocycles. The van der Waals surface area contributed by atoms with Gasteiger partial charge in [0.25, 0.3) is 0 Å². The molecule has 0 bridgehead atoms. The first-order chi connectivity index (χ1) is 7.90. The van der Waals surface area contributed by atoms with Gasteiger partial charge in [0, 0.05) is 24.6 Å². The molecule has 0 saturated carbocycles. The van der Waals surface area contributed by atoms with E-state index >= 15 is 0 Å². The van der Waals surface area contributed by atoms with Crippen molar-refractivity contribution >= 4 is 17.8 Å². The van der Waals surface area contributed by atoms with Crippen molar-refractivity contribution in [3.05, 3.63) is 5.89 Å². The molecule has 1 N–H and O–H groups in total. The second-order valence-corrected chi connectivity index (χ2v) is 4.98. The molecule has 0 aliphatic carbocycles. The summed E-state index contributed by atoms with van der Waals surface area (Å²) in [7, 11) is 0. The molecule has 0 radical (unpaired) electrons. The zero-order chi connectivity index (χ0) is 11.2. The maximum atomic E-state index is 5.60. The van der Waals surface area contributed by atoms with Gasteiger partial charge in [0.2, 0.25) is 5.89 Å². The molecule has 16 heavy (non-hydrogen) atoms. The number of aromatic nitrogens is 2. The van der Waals surface area contributed by atoms with Crippen LogP contribution >= 0.6 is 11.8 Å². The summed E-state index contributed by atoms with van der Waals surface area (Å²) in [5.41, 5.74) is 0. The molecule has 2 rings (SSSR count). The number of hydrogen-bond acceptors (Lipinski definition) is 6. The minimum atomic E-state index is 0.670. The summed E-state index contributed by atoms with van der Waals surface area (Å²) in [6.07, 6.45) is 1.12. The number of hydrogen-bond donors (Lipinski definition) is 1. The Morgan fingerprint density at radius 2 is 2.19 bits per heavy atom. The van der Waals surface area contributed by atoms with Gasteiger partial charge in [0.1, 0.15) is 0 Å². The van der Waals surface area contributed by atoms with Gasteiger partial charge in [-0.05, 0) is 13.0 Å². The van der Waals surface area contributed by atoms with Crippen molar-refractivity contribution < 1.29 is 4.42 Å². The lowest BCUT2D eigenvalue weighted by Crippen LogP contribution is -2.32. The highest BCUT2D eigenvalue weighted by molar-refractivity contribution is 7.99. The smallest absolute Gasteiger partial charge is 0.318 e. The van der Waals surface area contributed by atoms with Crippen LogP contribution in [-0.2, 0) is 6.54 Å². The Bertz CT molecular complexity index is 312. The second-order valence-electron chi connectivity index (χ2n) is 3.75. The van der Waals surface area contributed by atoms with Gasteiger partial charge in [0.15, 0.2) is 0 Å². The van der Waals surface area contributed by atoms with E-state index < -0.39 is 0 Å². The molecule has 2 heterocycles. The summed E-state index contributed by atoms with van der Waals surface area (Å²) in [4.78, 5) is 2.16. The van der Waals surface area contributed by atoms with Crippen molar-refractivity contribution in [3.8, 4) is 0 Å². The van der Waals surface area contributed by atoms with E-state index in [2.05, 4.69) is 27.3 Å². The second kappa shape index (κ2) is 6.10. The summed E-state index contributed by atoms with van der Waals surface area (Å²) in [6.45, 7) is 5.81. The summed E-state index contributed by atoms with van der Waals surface area (Å²) < 4.78 is 5.60. The molecule has 0 unspecified atom stereocenters. The molecule has 6 heteroatoms. The first-order valence-electron chi connectivity index (χ1n) is 5.76. The minimum absolute atomic E-state index is 0.670. The molecule has 5 nitrogen and oxygen atoms in total. The molecule has 0 aromatic carbocycles. The number of anilines is 1. The monoisotopic (exact) mass is 242 g/mol. The van der Waals surface area contributed by atoms with Gasteiger partial charge in [-0.25, -0.2) is 0 Å². The fraction of sp³-hybridized carbons (Fsp3) is 0.800. The average Bonchev–Trinajstić information content (AvgIpc) is 2.79. The van der Waals surface area contributed by atoms with E-state index in [1.807, 2.05) is 11.8 Å². The topological polar surface area (TPSA) is 54.2 Å². The van der Waals surface area contributed by atoms with E-state index in [0.29, 0.717) is 18.5 Å². The predicted molar refractivity (Wildman–Crippen MR) is 65.8 cm³/mol. The molecule has 1 aromatic rings. The van der Waals surface area contributed by atoms with Crippen molar-refractivity contribution in [2.24, 2.45) is 0 Å². The number of thioether (sulfide) groups is 1. The van der Waals surface area contributed by atoms with Crippen molar-refractivity contribution in [2.75, 3.05) is 36.0 Å². The summed E-state index contributed by atoms with van der Waals surface area (Å²) >= 11 is 1.97. The van der Waals surface area contributed by atoms with Gasteiger partial charge in [-0.2, -0.15) is 11.8 Å². The van der Waals surface area contributed by atoms with Crippen LogP contribution in [0.4, 0.5) is 6.01 Å². The Balaban J connectivity index is 1.85. The number of nitrogens with one attached hydrogen (secondary N) is 1. The van der Waals surface area contributed by atoms with Crippen molar-refractivity contribution in [1.29, 1.82) is 0 Å². The quantitative estimate of drug-likeness (QED) is 0.781. The third-order valence-corrected chi connectivity index (χ3v) is 3.38. The van der Waals surface area contributed by atoms with E-state index in [0.717, 1.165) is 37.6 Å². The first kappa shape index (κ1) is 11.7. The maximum absolute atomic E-state index is 5.60. The zero-order valence-corrected chi connectivity index (χ0v) is 10.4. The zero-order valence-electron chi connectivity index (χ0n) is 9.61. The van der Waals surface area contributed by atoms with Gasteiger partial charge in [-0.1, -0.05) is 12.0 Å². The van der Waals surface area contributed by atoms with E-state index in [4.69, 9.17) is 4.42 Å². The van der Waals surface area contributed by atoms with Crippen LogP contribution in [0.5, 0.6) is 0 Å². The minimum Gasteiger partial charge on any atom is -0.407 e. The molecule has 90 valence electrons. The molecular weight excluding hydrogens is 224 g/mol. The highest BCUT2D eigenvalue weighted by atomic mass is 32.2. The van der Waals surface area contributed by atoms with Crippen LogP contribution in [0, 0.1) is 0 Å². The van der Waals surface area contributed by atoms with Gasteiger partial charge >= 0.3 is 6.01 Å². The normalized spacial score (nSPS) is 16.7. The lowest BCUT2D eigenvalue weighted by Gasteiger charge is -2.23. The highest BCUT2D eigenvalue weighted by Crippen LogP contribution is 2.17. The van der Waals surface area contributed by atoms with E-state index in [-0.39, 0.29) is 0 Å². The largest absolute Gasteiger partial charge is 0.407 e. The predicted octanol–water partition coefficient (Wildman–Crippen LogP) is 1.12. The van der Waals surface area contributed by atoms with Crippen LogP contribution in [-0.4, -0.2) is 41.3 Å². The standard InChI is InChI=1S/C10H18N4OS/c1-2-3-11-8-9-12-13-10(15-9)14-4-6-16-7-5-14/h11H,2-8H2,1H3. The van der Waals surface area contributed by atoms with E-state index in [1.165, 1.54) is 0 Å². The number of rotatable bonds is 5.